The number of methoxy groups -OCH3 is 2. The molecule has 1 amide bonds. The number of nitrogens with one attached hydrogen (secondary N) is 2. The summed E-state index contributed by atoms with van der Waals surface area (Å²) in [7, 11) is 7.39. The van der Waals surface area contributed by atoms with Crippen molar-refractivity contribution in [2.45, 2.75) is 13.3 Å². The van der Waals surface area contributed by atoms with Crippen LogP contribution in [0, 0.1) is 0 Å². The number of H-pyrrole nitrogens is 1. The summed E-state index contributed by atoms with van der Waals surface area (Å²) < 4.78 is 11.1. The number of likely N-dealkylation sites (N-methyl/N-ethyl adjacent to an activating group) is 2. The predicted molar refractivity (Wildman–Crippen MR) is 181 cm³/mol. The molecule has 5 aromatic rings. The minimum absolute atomic E-state index is 0.0806. The number of aromatic amines is 1. The van der Waals surface area contributed by atoms with E-state index in [0.29, 0.717) is 39.5 Å². The Morgan fingerprint density at radius 1 is 0.911 bits per heavy atom. The number of anilines is 1. The predicted octanol–water partition coefficient (Wildman–Crippen LogP) is 6.30. The van der Waals surface area contributed by atoms with Crippen LogP contribution in [0.3, 0.4) is 0 Å². The van der Waals surface area contributed by atoms with Crippen LogP contribution in [-0.2, 0) is 6.42 Å². The zero-order valence-corrected chi connectivity index (χ0v) is 26.6. The maximum atomic E-state index is 13.2. The lowest BCUT2D eigenvalue weighted by Crippen LogP contribution is -2.33. The Hall–Kier alpha value is -4.86. The lowest BCUT2D eigenvalue weighted by Gasteiger charge is -2.22. The smallest absolute Gasteiger partial charge is 0.255 e. The molecule has 1 heterocycles. The molecule has 9 nitrogen and oxygen atoms in total. The Bertz CT molecular complexity index is 1760. The summed E-state index contributed by atoms with van der Waals surface area (Å²) in [6, 6.07) is 24.3. The molecule has 0 saturated heterocycles. The first-order chi connectivity index (χ1) is 21.8. The van der Waals surface area contributed by atoms with E-state index >= 15 is 0 Å². The summed E-state index contributed by atoms with van der Waals surface area (Å²) >= 11 is 0. The molecule has 45 heavy (non-hydrogen) atoms. The van der Waals surface area contributed by atoms with Crippen molar-refractivity contribution < 1.29 is 19.4 Å². The SMILES string of the molecule is CCN(CCc1ccc(NC(=O)c2ccc3nc(-c4cc(-c5cccc(OC)c5OC)ccc4O)[nH]c3c2)cc1)CCN(C)C. The number of fused-ring (bicyclic) bond motifs is 1. The van der Waals surface area contributed by atoms with Gasteiger partial charge in [0.15, 0.2) is 11.5 Å². The number of carbonyl (C=O) groups excluding carboxylic acids is 1. The number of nitrogens with zero attached hydrogens (tertiary/aromatic N) is 3. The van der Waals surface area contributed by atoms with Gasteiger partial charge in [0.2, 0.25) is 0 Å². The van der Waals surface area contributed by atoms with E-state index in [1.165, 1.54) is 5.56 Å². The highest BCUT2D eigenvalue weighted by Gasteiger charge is 2.17. The molecule has 0 bridgehead atoms. The number of imidazole rings is 1. The second-order valence-corrected chi connectivity index (χ2v) is 11.2. The zero-order valence-electron chi connectivity index (χ0n) is 26.6. The summed E-state index contributed by atoms with van der Waals surface area (Å²) in [5.41, 5.74) is 6.03. The molecule has 0 aliphatic rings. The molecular formula is C36H41N5O4. The third kappa shape index (κ3) is 7.45. The molecule has 0 aliphatic carbocycles. The molecule has 234 valence electrons. The second-order valence-electron chi connectivity index (χ2n) is 11.2. The molecule has 0 atom stereocenters. The van der Waals surface area contributed by atoms with Crippen LogP contribution >= 0.6 is 0 Å². The number of ether oxygens (including phenoxy) is 2. The van der Waals surface area contributed by atoms with E-state index in [4.69, 9.17) is 14.5 Å². The van der Waals surface area contributed by atoms with Crippen LogP contribution in [0.5, 0.6) is 17.2 Å². The van der Waals surface area contributed by atoms with Crippen LogP contribution in [0.2, 0.25) is 0 Å². The first-order valence-corrected chi connectivity index (χ1v) is 15.1. The topological polar surface area (TPSA) is 103 Å². The summed E-state index contributed by atoms with van der Waals surface area (Å²) in [6.45, 7) is 6.31. The number of aromatic nitrogens is 2. The molecule has 3 N–H and O–H groups in total. The number of para-hydroxylation sites is 1. The highest BCUT2D eigenvalue weighted by molar-refractivity contribution is 6.06. The number of amides is 1. The minimum atomic E-state index is -0.211. The normalized spacial score (nSPS) is 11.4. The van der Waals surface area contributed by atoms with E-state index in [9.17, 15) is 9.90 Å². The Morgan fingerprint density at radius 3 is 2.42 bits per heavy atom. The average molecular weight is 608 g/mol. The number of hydrogen-bond donors (Lipinski definition) is 3. The first kappa shape index (κ1) is 31.6. The molecule has 9 heteroatoms. The molecule has 0 saturated carbocycles. The first-order valence-electron chi connectivity index (χ1n) is 15.1. The van der Waals surface area contributed by atoms with Crippen molar-refractivity contribution >= 4 is 22.6 Å². The minimum Gasteiger partial charge on any atom is -0.507 e. The zero-order chi connectivity index (χ0) is 31.9. The van der Waals surface area contributed by atoms with Gasteiger partial charge < -0.3 is 34.7 Å². The van der Waals surface area contributed by atoms with Gasteiger partial charge in [-0.05, 0) is 86.7 Å². The van der Waals surface area contributed by atoms with Crippen molar-refractivity contribution in [3.8, 4) is 39.8 Å². The fraction of sp³-hybridized carbons (Fsp3) is 0.278. The van der Waals surface area contributed by atoms with Crippen LogP contribution in [0.15, 0.2) is 78.9 Å². The number of hydrogen-bond acceptors (Lipinski definition) is 7. The molecule has 0 radical (unpaired) electrons. The number of phenols is 1. The van der Waals surface area contributed by atoms with Crippen LogP contribution in [0.4, 0.5) is 5.69 Å². The van der Waals surface area contributed by atoms with E-state index in [1.54, 1.807) is 38.5 Å². The maximum Gasteiger partial charge on any atom is 0.255 e. The van der Waals surface area contributed by atoms with Crippen molar-refractivity contribution in [3.63, 3.8) is 0 Å². The summed E-state index contributed by atoms with van der Waals surface area (Å²) in [6.07, 6.45) is 0.958. The number of phenolic OH excluding ortho intramolecular Hbond substituents is 1. The van der Waals surface area contributed by atoms with Crippen LogP contribution in [-0.4, -0.2) is 85.3 Å². The molecule has 0 spiro atoms. The van der Waals surface area contributed by atoms with Gasteiger partial charge in [-0.2, -0.15) is 0 Å². The van der Waals surface area contributed by atoms with Gasteiger partial charge >= 0.3 is 0 Å². The van der Waals surface area contributed by atoms with Gasteiger partial charge in [0.25, 0.3) is 5.91 Å². The van der Waals surface area contributed by atoms with E-state index in [-0.39, 0.29) is 11.7 Å². The molecular weight excluding hydrogens is 566 g/mol. The third-order valence-electron chi connectivity index (χ3n) is 7.95. The summed E-state index contributed by atoms with van der Waals surface area (Å²) in [5.74, 6) is 1.58. The highest BCUT2D eigenvalue weighted by Crippen LogP contribution is 2.40. The van der Waals surface area contributed by atoms with E-state index in [1.807, 2.05) is 42.5 Å². The van der Waals surface area contributed by atoms with Crippen molar-refractivity contribution in [2.24, 2.45) is 0 Å². The summed E-state index contributed by atoms with van der Waals surface area (Å²) in [4.78, 5) is 25.8. The van der Waals surface area contributed by atoms with Crippen molar-refractivity contribution in [1.82, 2.24) is 19.8 Å². The van der Waals surface area contributed by atoms with Crippen LogP contribution in [0.1, 0.15) is 22.8 Å². The fourth-order valence-electron chi connectivity index (χ4n) is 5.30. The second kappa shape index (κ2) is 14.3. The number of carbonyl (C=O) groups is 1. The standard InChI is InChI=1S/C36H41N5O4/c1-6-41(21-20-40(2)3)19-18-24-10-14-27(15-11-24)37-36(43)26-12-16-30-31(23-26)39-35(38-30)29-22-25(13-17-32(29)42)28-8-7-9-33(44-4)34(28)45-5/h7-17,22-23,42H,6,18-21H2,1-5H3,(H,37,43)(H,38,39). The van der Waals surface area contributed by atoms with Crippen molar-refractivity contribution in [3.05, 3.63) is 90.0 Å². The lowest BCUT2D eigenvalue weighted by molar-refractivity contribution is 0.102. The molecule has 1 aromatic heterocycles. The summed E-state index contributed by atoms with van der Waals surface area (Å²) in [5, 5.41) is 13.7. The largest absolute Gasteiger partial charge is 0.507 e. The van der Waals surface area contributed by atoms with E-state index < -0.39 is 0 Å². The van der Waals surface area contributed by atoms with Crippen LogP contribution in [0.25, 0.3) is 33.5 Å². The number of benzene rings is 4. The molecule has 0 fully saturated rings. The third-order valence-corrected chi connectivity index (χ3v) is 7.95. The lowest BCUT2D eigenvalue weighted by atomic mass is 10.0. The molecule has 0 aliphatic heterocycles. The quantitative estimate of drug-likeness (QED) is 0.144. The van der Waals surface area contributed by atoms with Gasteiger partial charge in [-0.1, -0.05) is 37.3 Å². The van der Waals surface area contributed by atoms with E-state index in [2.05, 4.69) is 53.3 Å². The van der Waals surface area contributed by atoms with Crippen molar-refractivity contribution in [1.29, 1.82) is 0 Å². The van der Waals surface area contributed by atoms with Crippen LogP contribution < -0.4 is 14.8 Å². The highest BCUT2D eigenvalue weighted by atomic mass is 16.5. The molecule has 0 unspecified atom stereocenters. The number of aromatic hydroxyl groups is 1. The van der Waals surface area contributed by atoms with E-state index in [0.717, 1.165) is 49.4 Å². The Kier molecular flexibility index (Phi) is 10.0. The fourth-order valence-corrected chi connectivity index (χ4v) is 5.30. The van der Waals surface area contributed by atoms with Gasteiger partial charge in [-0.15, -0.1) is 0 Å². The van der Waals surface area contributed by atoms with Gasteiger partial charge in [-0.3, -0.25) is 4.79 Å². The number of rotatable bonds is 13. The van der Waals surface area contributed by atoms with Crippen molar-refractivity contribution in [2.75, 3.05) is 59.8 Å². The Labute approximate surface area is 264 Å². The van der Waals surface area contributed by atoms with Gasteiger partial charge in [0.05, 0.1) is 30.8 Å². The average Bonchev–Trinajstić information content (AvgIpc) is 3.48. The molecule has 4 aromatic carbocycles. The Balaban J connectivity index is 1.29. The monoisotopic (exact) mass is 607 g/mol. The maximum absolute atomic E-state index is 13.2. The molecule has 5 rings (SSSR count). The van der Waals surface area contributed by atoms with Gasteiger partial charge in [0, 0.05) is 36.4 Å². The Morgan fingerprint density at radius 2 is 1.71 bits per heavy atom. The van der Waals surface area contributed by atoms with Gasteiger partial charge in [-0.25, -0.2) is 4.98 Å². The van der Waals surface area contributed by atoms with Gasteiger partial charge in [0.1, 0.15) is 11.6 Å².